The molecule has 4 heteroatoms. The highest BCUT2D eigenvalue weighted by molar-refractivity contribution is 5.78. The number of carbonyl (C=O) groups excluding carboxylic acids is 1. The van der Waals surface area contributed by atoms with Gasteiger partial charge in [-0.05, 0) is 49.1 Å². The number of para-hydroxylation sites is 2. The van der Waals surface area contributed by atoms with Crippen LogP contribution in [0.2, 0.25) is 0 Å². The molecule has 4 aromatic rings. The molecule has 1 atom stereocenters. The molecule has 0 spiro atoms. The lowest BCUT2D eigenvalue weighted by molar-refractivity contribution is -0.121. The van der Waals surface area contributed by atoms with Crippen molar-refractivity contribution < 1.29 is 4.79 Å². The molecule has 0 fully saturated rings. The molecule has 0 bridgehead atoms. The van der Waals surface area contributed by atoms with Crippen LogP contribution in [0.5, 0.6) is 0 Å². The standard InChI is InChI=1S/C26H27N3O/c1-19-10-6-7-13-22(19)18-29-24-15-9-8-14-23(24)28-26(29)20(2)27-25(30)17-16-21-11-4-3-5-12-21/h3-15,20H,16-18H2,1-2H3,(H,27,30). The van der Waals surface area contributed by atoms with E-state index in [0.29, 0.717) is 6.42 Å². The number of carbonyl (C=O) groups is 1. The maximum atomic E-state index is 12.6. The predicted molar refractivity (Wildman–Crippen MR) is 121 cm³/mol. The Bertz CT molecular complexity index is 1150. The van der Waals surface area contributed by atoms with Crippen molar-refractivity contribution >= 4 is 16.9 Å². The summed E-state index contributed by atoms with van der Waals surface area (Å²) in [7, 11) is 0. The van der Waals surface area contributed by atoms with Gasteiger partial charge in [0, 0.05) is 13.0 Å². The highest BCUT2D eigenvalue weighted by Gasteiger charge is 2.19. The van der Waals surface area contributed by atoms with Gasteiger partial charge in [0.15, 0.2) is 0 Å². The van der Waals surface area contributed by atoms with Crippen LogP contribution < -0.4 is 5.32 Å². The Kier molecular flexibility index (Phi) is 5.94. The van der Waals surface area contributed by atoms with Gasteiger partial charge < -0.3 is 9.88 Å². The van der Waals surface area contributed by atoms with Crippen molar-refractivity contribution in [2.24, 2.45) is 0 Å². The Balaban J connectivity index is 1.55. The third kappa shape index (κ3) is 4.43. The molecular formula is C26H27N3O. The molecule has 0 aliphatic rings. The van der Waals surface area contributed by atoms with Crippen LogP contribution >= 0.6 is 0 Å². The predicted octanol–water partition coefficient (Wildman–Crippen LogP) is 5.20. The number of fused-ring (bicyclic) bond motifs is 1. The lowest BCUT2D eigenvalue weighted by Gasteiger charge is -2.17. The summed E-state index contributed by atoms with van der Waals surface area (Å²) in [5.74, 6) is 0.924. The summed E-state index contributed by atoms with van der Waals surface area (Å²) in [5.41, 5.74) is 5.71. The monoisotopic (exact) mass is 397 g/mol. The summed E-state index contributed by atoms with van der Waals surface area (Å²) in [5, 5.41) is 3.15. The van der Waals surface area contributed by atoms with Gasteiger partial charge in [0.05, 0.1) is 17.1 Å². The van der Waals surface area contributed by atoms with Crippen molar-refractivity contribution in [3.8, 4) is 0 Å². The Labute approximate surface area is 177 Å². The summed E-state index contributed by atoms with van der Waals surface area (Å²) in [6.07, 6.45) is 1.20. The summed E-state index contributed by atoms with van der Waals surface area (Å²) in [6, 6.07) is 26.5. The number of hydrogen-bond acceptors (Lipinski definition) is 2. The molecular weight excluding hydrogens is 370 g/mol. The average Bonchev–Trinajstić information content (AvgIpc) is 3.13. The van der Waals surface area contributed by atoms with Crippen molar-refractivity contribution in [2.45, 2.75) is 39.3 Å². The summed E-state index contributed by atoms with van der Waals surface area (Å²) >= 11 is 0. The van der Waals surface area contributed by atoms with Crippen LogP contribution in [0, 0.1) is 6.92 Å². The van der Waals surface area contributed by atoms with E-state index in [-0.39, 0.29) is 11.9 Å². The average molecular weight is 398 g/mol. The highest BCUT2D eigenvalue weighted by atomic mass is 16.1. The fourth-order valence-corrected chi connectivity index (χ4v) is 3.83. The first-order chi connectivity index (χ1) is 14.6. The molecule has 1 unspecified atom stereocenters. The fourth-order valence-electron chi connectivity index (χ4n) is 3.83. The van der Waals surface area contributed by atoms with E-state index in [0.717, 1.165) is 29.8 Å². The van der Waals surface area contributed by atoms with Crippen LogP contribution in [-0.4, -0.2) is 15.5 Å². The van der Waals surface area contributed by atoms with Crippen molar-refractivity contribution in [3.63, 3.8) is 0 Å². The molecule has 30 heavy (non-hydrogen) atoms. The van der Waals surface area contributed by atoms with Crippen LogP contribution in [0.1, 0.15) is 41.9 Å². The minimum Gasteiger partial charge on any atom is -0.346 e. The highest BCUT2D eigenvalue weighted by Crippen LogP contribution is 2.23. The van der Waals surface area contributed by atoms with Gasteiger partial charge in [0.25, 0.3) is 0 Å². The zero-order valence-electron chi connectivity index (χ0n) is 17.5. The van der Waals surface area contributed by atoms with Crippen molar-refractivity contribution in [3.05, 3.63) is 101 Å². The van der Waals surface area contributed by atoms with Gasteiger partial charge in [-0.15, -0.1) is 0 Å². The van der Waals surface area contributed by atoms with Gasteiger partial charge in [-0.25, -0.2) is 4.98 Å². The van der Waals surface area contributed by atoms with Crippen LogP contribution in [-0.2, 0) is 17.8 Å². The number of nitrogens with zero attached hydrogens (tertiary/aromatic N) is 2. The molecule has 4 nitrogen and oxygen atoms in total. The number of nitrogens with one attached hydrogen (secondary N) is 1. The zero-order valence-corrected chi connectivity index (χ0v) is 17.5. The van der Waals surface area contributed by atoms with E-state index in [1.54, 1.807) is 0 Å². The zero-order chi connectivity index (χ0) is 20.9. The topological polar surface area (TPSA) is 46.9 Å². The first-order valence-electron chi connectivity index (χ1n) is 10.4. The van der Waals surface area contributed by atoms with Crippen LogP contribution in [0.15, 0.2) is 78.9 Å². The molecule has 1 aromatic heterocycles. The second-order valence-corrected chi connectivity index (χ2v) is 7.75. The second kappa shape index (κ2) is 8.95. The van der Waals surface area contributed by atoms with Gasteiger partial charge in [-0.2, -0.15) is 0 Å². The minimum atomic E-state index is -0.176. The number of benzene rings is 3. The largest absolute Gasteiger partial charge is 0.346 e. The smallest absolute Gasteiger partial charge is 0.220 e. The SMILES string of the molecule is Cc1ccccc1Cn1c(C(C)NC(=O)CCc2ccccc2)nc2ccccc21. The van der Waals surface area contributed by atoms with Crippen molar-refractivity contribution in [1.29, 1.82) is 0 Å². The molecule has 152 valence electrons. The fraction of sp³-hybridized carbons (Fsp3) is 0.231. The second-order valence-electron chi connectivity index (χ2n) is 7.75. The van der Waals surface area contributed by atoms with Gasteiger partial charge >= 0.3 is 0 Å². The van der Waals surface area contributed by atoms with E-state index in [2.05, 4.69) is 59.3 Å². The minimum absolute atomic E-state index is 0.0425. The van der Waals surface area contributed by atoms with E-state index in [1.165, 1.54) is 16.7 Å². The number of aromatic nitrogens is 2. The van der Waals surface area contributed by atoms with Gasteiger partial charge in [0.2, 0.25) is 5.91 Å². The van der Waals surface area contributed by atoms with E-state index in [4.69, 9.17) is 4.98 Å². The molecule has 0 radical (unpaired) electrons. The first kappa shape index (κ1) is 19.9. The molecule has 4 rings (SSSR count). The Hall–Kier alpha value is -3.40. The molecule has 3 aromatic carbocycles. The number of amides is 1. The molecule has 1 heterocycles. The Morgan fingerprint density at radius 3 is 2.47 bits per heavy atom. The van der Waals surface area contributed by atoms with Gasteiger partial charge in [0.1, 0.15) is 5.82 Å². The summed E-state index contributed by atoms with van der Waals surface area (Å²) in [6.45, 7) is 4.87. The van der Waals surface area contributed by atoms with E-state index in [9.17, 15) is 4.79 Å². The lowest BCUT2D eigenvalue weighted by atomic mass is 10.1. The Morgan fingerprint density at radius 1 is 0.967 bits per heavy atom. The number of aryl methyl sites for hydroxylation is 2. The summed E-state index contributed by atoms with van der Waals surface area (Å²) in [4.78, 5) is 17.4. The summed E-state index contributed by atoms with van der Waals surface area (Å²) < 4.78 is 2.22. The number of imidazole rings is 1. The molecule has 1 amide bonds. The maximum absolute atomic E-state index is 12.6. The third-order valence-corrected chi connectivity index (χ3v) is 5.52. The van der Waals surface area contributed by atoms with Gasteiger partial charge in [-0.1, -0.05) is 66.7 Å². The third-order valence-electron chi connectivity index (χ3n) is 5.52. The van der Waals surface area contributed by atoms with E-state index < -0.39 is 0 Å². The van der Waals surface area contributed by atoms with Crippen LogP contribution in [0.4, 0.5) is 0 Å². The quantitative estimate of drug-likeness (QED) is 0.466. The first-order valence-corrected chi connectivity index (χ1v) is 10.4. The molecule has 0 aliphatic carbocycles. The Morgan fingerprint density at radius 2 is 1.67 bits per heavy atom. The van der Waals surface area contributed by atoms with E-state index >= 15 is 0 Å². The van der Waals surface area contributed by atoms with Crippen molar-refractivity contribution in [2.75, 3.05) is 0 Å². The number of hydrogen-bond donors (Lipinski definition) is 1. The molecule has 0 saturated carbocycles. The van der Waals surface area contributed by atoms with Crippen LogP contribution in [0.3, 0.4) is 0 Å². The molecule has 0 aliphatic heterocycles. The van der Waals surface area contributed by atoms with Crippen LogP contribution in [0.25, 0.3) is 11.0 Å². The molecule has 0 saturated heterocycles. The van der Waals surface area contributed by atoms with Gasteiger partial charge in [-0.3, -0.25) is 4.79 Å². The number of rotatable bonds is 7. The maximum Gasteiger partial charge on any atom is 0.220 e. The lowest BCUT2D eigenvalue weighted by Crippen LogP contribution is -2.29. The van der Waals surface area contributed by atoms with Crippen molar-refractivity contribution in [1.82, 2.24) is 14.9 Å². The van der Waals surface area contributed by atoms with E-state index in [1.807, 2.05) is 43.3 Å². The normalized spacial score (nSPS) is 12.1. The molecule has 1 N–H and O–H groups in total.